The van der Waals surface area contributed by atoms with Crippen LogP contribution in [0, 0.1) is 11.3 Å². The molecule has 4 rings (SSSR count). The zero-order valence-corrected chi connectivity index (χ0v) is 13.8. The largest absolute Gasteiger partial charge is 0.377 e. The average molecular weight is 316 g/mol. The van der Waals surface area contributed by atoms with E-state index in [0.29, 0.717) is 17.7 Å². The van der Waals surface area contributed by atoms with Crippen LogP contribution >= 0.6 is 0 Å². The topological polar surface area (TPSA) is 67.4 Å². The highest BCUT2D eigenvalue weighted by Gasteiger charge is 2.65. The van der Waals surface area contributed by atoms with Crippen LogP contribution < -0.4 is 10.2 Å². The molecular formula is C17H24N4O2. The van der Waals surface area contributed by atoms with E-state index in [0.717, 1.165) is 18.8 Å². The number of ether oxygens (including phenoxy) is 1. The lowest BCUT2D eigenvalue weighted by molar-refractivity contribution is -0.126. The van der Waals surface area contributed by atoms with Gasteiger partial charge >= 0.3 is 0 Å². The Morgan fingerprint density at radius 1 is 1.30 bits per heavy atom. The van der Waals surface area contributed by atoms with Crippen molar-refractivity contribution in [2.24, 2.45) is 11.3 Å². The zero-order chi connectivity index (χ0) is 16.0. The summed E-state index contributed by atoms with van der Waals surface area (Å²) in [5.41, 5.74) is 0.569. The smallest absolute Gasteiger partial charge is 0.272 e. The van der Waals surface area contributed by atoms with Gasteiger partial charge in [0, 0.05) is 38.1 Å². The predicted molar refractivity (Wildman–Crippen MR) is 86.4 cm³/mol. The first-order valence-corrected chi connectivity index (χ1v) is 8.55. The molecule has 1 amide bonds. The summed E-state index contributed by atoms with van der Waals surface area (Å²) in [7, 11) is 3.81. The molecule has 0 radical (unpaired) electrons. The van der Waals surface area contributed by atoms with Gasteiger partial charge in [-0.25, -0.2) is 0 Å². The third-order valence-electron chi connectivity index (χ3n) is 5.91. The molecule has 3 aliphatic rings. The minimum absolute atomic E-state index is 0.107. The standard InChI is InChI=1S/C17H24N4O2/c1-21(2)13-6-5-12(19-20-13)16(22)18-14-11-7-10-23-15(11)17(14)8-3-4-9-17/h5-6,11,14-15H,3-4,7-10H2,1-2H3,(H,18,22)/t11-,14+,15+/m0/s1. The summed E-state index contributed by atoms with van der Waals surface area (Å²) in [5.74, 6) is 1.12. The van der Waals surface area contributed by atoms with E-state index in [1.807, 2.05) is 25.1 Å². The van der Waals surface area contributed by atoms with Crippen LogP contribution in [0.25, 0.3) is 0 Å². The molecule has 2 heterocycles. The molecule has 0 unspecified atom stereocenters. The Morgan fingerprint density at radius 2 is 2.09 bits per heavy atom. The van der Waals surface area contributed by atoms with Crippen molar-refractivity contribution in [3.05, 3.63) is 17.8 Å². The maximum absolute atomic E-state index is 12.6. The maximum Gasteiger partial charge on any atom is 0.272 e. The highest BCUT2D eigenvalue weighted by atomic mass is 16.5. The van der Waals surface area contributed by atoms with E-state index in [1.54, 1.807) is 6.07 Å². The van der Waals surface area contributed by atoms with Crippen LogP contribution in [0.5, 0.6) is 0 Å². The summed E-state index contributed by atoms with van der Waals surface area (Å²) in [6.07, 6.45) is 6.25. The number of nitrogens with one attached hydrogen (secondary N) is 1. The molecule has 3 fully saturated rings. The minimum atomic E-state index is -0.107. The Hall–Kier alpha value is -1.69. The fraction of sp³-hybridized carbons (Fsp3) is 0.706. The van der Waals surface area contributed by atoms with E-state index in [-0.39, 0.29) is 17.4 Å². The zero-order valence-electron chi connectivity index (χ0n) is 13.8. The van der Waals surface area contributed by atoms with Crippen molar-refractivity contribution in [1.29, 1.82) is 0 Å². The molecule has 1 N–H and O–H groups in total. The van der Waals surface area contributed by atoms with E-state index >= 15 is 0 Å². The highest BCUT2D eigenvalue weighted by Crippen LogP contribution is 2.60. The molecule has 1 saturated heterocycles. The van der Waals surface area contributed by atoms with Gasteiger partial charge in [-0.05, 0) is 31.4 Å². The number of carbonyl (C=O) groups excluding carboxylic acids is 1. The molecule has 124 valence electrons. The first-order chi connectivity index (χ1) is 11.1. The molecular weight excluding hydrogens is 292 g/mol. The Kier molecular flexibility index (Phi) is 3.52. The second-order valence-corrected chi connectivity index (χ2v) is 7.31. The minimum Gasteiger partial charge on any atom is -0.377 e. The second-order valence-electron chi connectivity index (χ2n) is 7.31. The molecule has 6 heteroatoms. The molecule has 3 atom stereocenters. The van der Waals surface area contributed by atoms with E-state index in [1.165, 1.54) is 25.7 Å². The van der Waals surface area contributed by atoms with Crippen LogP contribution in [-0.4, -0.2) is 49.0 Å². The number of amides is 1. The van der Waals surface area contributed by atoms with Crippen LogP contribution in [0.2, 0.25) is 0 Å². The molecule has 0 aromatic carbocycles. The number of anilines is 1. The lowest BCUT2D eigenvalue weighted by atomic mass is 9.54. The van der Waals surface area contributed by atoms with Gasteiger partial charge in [-0.2, -0.15) is 0 Å². The Labute approximate surface area is 136 Å². The Balaban J connectivity index is 1.49. The van der Waals surface area contributed by atoms with Gasteiger partial charge in [0.25, 0.3) is 5.91 Å². The number of fused-ring (bicyclic) bond motifs is 2. The first kappa shape index (κ1) is 14.9. The van der Waals surface area contributed by atoms with Gasteiger partial charge < -0.3 is 15.0 Å². The monoisotopic (exact) mass is 316 g/mol. The van der Waals surface area contributed by atoms with Crippen molar-refractivity contribution < 1.29 is 9.53 Å². The van der Waals surface area contributed by atoms with Crippen molar-refractivity contribution in [3.8, 4) is 0 Å². The highest BCUT2D eigenvalue weighted by molar-refractivity contribution is 5.92. The summed E-state index contributed by atoms with van der Waals surface area (Å²) in [6, 6.07) is 3.82. The van der Waals surface area contributed by atoms with E-state index < -0.39 is 0 Å². The number of hydrogen-bond donors (Lipinski definition) is 1. The third-order valence-corrected chi connectivity index (χ3v) is 5.91. The van der Waals surface area contributed by atoms with E-state index in [2.05, 4.69) is 15.5 Å². The van der Waals surface area contributed by atoms with Crippen LogP contribution in [0.15, 0.2) is 12.1 Å². The van der Waals surface area contributed by atoms with Crippen LogP contribution in [0.4, 0.5) is 5.82 Å². The molecule has 1 spiro atoms. The maximum atomic E-state index is 12.6. The summed E-state index contributed by atoms with van der Waals surface area (Å²) in [5, 5.41) is 11.4. The van der Waals surface area contributed by atoms with Crippen molar-refractivity contribution in [1.82, 2.24) is 15.5 Å². The molecule has 23 heavy (non-hydrogen) atoms. The molecule has 0 bridgehead atoms. The van der Waals surface area contributed by atoms with Gasteiger partial charge in [0.15, 0.2) is 11.5 Å². The van der Waals surface area contributed by atoms with Crippen LogP contribution in [0.3, 0.4) is 0 Å². The van der Waals surface area contributed by atoms with Gasteiger partial charge in [-0.3, -0.25) is 4.79 Å². The van der Waals surface area contributed by atoms with Crippen molar-refractivity contribution in [2.45, 2.75) is 44.2 Å². The van der Waals surface area contributed by atoms with E-state index in [4.69, 9.17) is 4.74 Å². The number of aromatic nitrogens is 2. The molecule has 6 nitrogen and oxygen atoms in total. The lowest BCUT2D eigenvalue weighted by Crippen LogP contribution is -2.68. The SMILES string of the molecule is CN(C)c1ccc(C(=O)N[C@@H]2[C@@H]3CCO[C@H]3C23CCCC3)nn1. The summed E-state index contributed by atoms with van der Waals surface area (Å²) >= 11 is 0. The molecule has 1 aliphatic heterocycles. The van der Waals surface area contributed by atoms with E-state index in [9.17, 15) is 4.79 Å². The van der Waals surface area contributed by atoms with Crippen molar-refractivity contribution in [2.75, 3.05) is 25.6 Å². The van der Waals surface area contributed by atoms with Gasteiger partial charge in [0.05, 0.1) is 6.10 Å². The van der Waals surface area contributed by atoms with Gasteiger partial charge in [-0.1, -0.05) is 12.8 Å². The van der Waals surface area contributed by atoms with Gasteiger partial charge in [-0.15, -0.1) is 10.2 Å². The Bertz CT molecular complexity index is 595. The quantitative estimate of drug-likeness (QED) is 0.918. The molecule has 1 aromatic heterocycles. The summed E-state index contributed by atoms with van der Waals surface area (Å²) in [4.78, 5) is 14.5. The van der Waals surface area contributed by atoms with Gasteiger partial charge in [0.1, 0.15) is 0 Å². The number of nitrogens with zero attached hydrogens (tertiary/aromatic N) is 3. The van der Waals surface area contributed by atoms with Crippen LogP contribution in [0.1, 0.15) is 42.6 Å². The van der Waals surface area contributed by atoms with Crippen molar-refractivity contribution in [3.63, 3.8) is 0 Å². The number of carbonyl (C=O) groups is 1. The number of rotatable bonds is 3. The first-order valence-electron chi connectivity index (χ1n) is 8.55. The summed E-state index contributed by atoms with van der Waals surface area (Å²) < 4.78 is 5.96. The predicted octanol–water partition coefficient (Wildman–Crippen LogP) is 1.62. The fourth-order valence-electron chi connectivity index (χ4n) is 4.80. The normalized spacial score (nSPS) is 30.8. The third kappa shape index (κ3) is 2.23. The molecule has 1 aromatic rings. The second kappa shape index (κ2) is 5.44. The van der Waals surface area contributed by atoms with Crippen LogP contribution in [-0.2, 0) is 4.74 Å². The lowest BCUT2D eigenvalue weighted by Gasteiger charge is -2.56. The molecule has 2 saturated carbocycles. The van der Waals surface area contributed by atoms with Crippen molar-refractivity contribution >= 4 is 11.7 Å². The van der Waals surface area contributed by atoms with Gasteiger partial charge in [0.2, 0.25) is 0 Å². The summed E-state index contributed by atoms with van der Waals surface area (Å²) in [6.45, 7) is 0.834. The average Bonchev–Trinajstić information content (AvgIpc) is 3.21. The Morgan fingerprint density at radius 3 is 2.74 bits per heavy atom. The fourth-order valence-corrected chi connectivity index (χ4v) is 4.80. The molecule has 2 aliphatic carbocycles. The number of hydrogen-bond acceptors (Lipinski definition) is 5.